The maximum atomic E-state index is 11.7. The first-order valence-corrected chi connectivity index (χ1v) is 7.40. The molecule has 20 heavy (non-hydrogen) atoms. The molecular weight excluding hydrogens is 252 g/mol. The third kappa shape index (κ3) is 3.73. The van der Waals surface area contributed by atoms with E-state index in [1.54, 1.807) is 0 Å². The van der Waals surface area contributed by atoms with Gasteiger partial charge in [0.15, 0.2) is 6.61 Å². The van der Waals surface area contributed by atoms with Gasteiger partial charge < -0.3 is 15.8 Å². The van der Waals surface area contributed by atoms with Gasteiger partial charge in [0, 0.05) is 12.1 Å². The van der Waals surface area contributed by atoms with Crippen molar-refractivity contribution >= 4 is 5.91 Å². The Hall–Kier alpha value is -1.55. The van der Waals surface area contributed by atoms with E-state index in [2.05, 4.69) is 11.4 Å². The second-order valence-corrected chi connectivity index (χ2v) is 5.52. The lowest BCUT2D eigenvalue weighted by Crippen LogP contribution is -2.35. The minimum absolute atomic E-state index is 0.0539. The summed E-state index contributed by atoms with van der Waals surface area (Å²) in [6, 6.07) is 6.25. The van der Waals surface area contributed by atoms with E-state index < -0.39 is 0 Å². The highest BCUT2D eigenvalue weighted by atomic mass is 16.5. The molecule has 1 amide bonds. The molecule has 0 fully saturated rings. The van der Waals surface area contributed by atoms with Crippen LogP contribution in [0.15, 0.2) is 18.2 Å². The fourth-order valence-corrected chi connectivity index (χ4v) is 2.47. The number of amides is 1. The van der Waals surface area contributed by atoms with Crippen molar-refractivity contribution in [3.8, 4) is 5.75 Å². The monoisotopic (exact) mass is 276 g/mol. The van der Waals surface area contributed by atoms with Crippen LogP contribution >= 0.6 is 0 Å². The van der Waals surface area contributed by atoms with Gasteiger partial charge in [-0.25, -0.2) is 0 Å². The van der Waals surface area contributed by atoms with Crippen molar-refractivity contribution in [2.45, 2.75) is 51.6 Å². The number of carbonyl (C=O) groups is 1. The molecule has 0 aromatic heterocycles. The topological polar surface area (TPSA) is 64.3 Å². The second kappa shape index (κ2) is 6.75. The summed E-state index contributed by atoms with van der Waals surface area (Å²) in [5.41, 5.74) is 8.59. The summed E-state index contributed by atoms with van der Waals surface area (Å²) in [6.45, 7) is 4.07. The predicted molar refractivity (Wildman–Crippen MR) is 79.7 cm³/mol. The van der Waals surface area contributed by atoms with Crippen molar-refractivity contribution in [1.29, 1.82) is 0 Å². The van der Waals surface area contributed by atoms with Crippen LogP contribution in [0.5, 0.6) is 5.75 Å². The Labute approximate surface area is 120 Å². The molecule has 0 heterocycles. The van der Waals surface area contributed by atoms with E-state index in [4.69, 9.17) is 10.5 Å². The summed E-state index contributed by atoms with van der Waals surface area (Å²) in [5, 5.41) is 2.88. The number of ether oxygens (including phenoxy) is 1. The number of carbonyl (C=O) groups excluding carboxylic acids is 1. The molecule has 1 aliphatic rings. The Morgan fingerprint density at radius 1 is 1.55 bits per heavy atom. The van der Waals surface area contributed by atoms with Gasteiger partial charge >= 0.3 is 0 Å². The SMILES string of the molecule is CCC(C)NC(=O)COc1ccc2c(c1)[C@H](N)CCC2. The lowest BCUT2D eigenvalue weighted by molar-refractivity contribution is -0.123. The van der Waals surface area contributed by atoms with Crippen molar-refractivity contribution < 1.29 is 9.53 Å². The van der Waals surface area contributed by atoms with Crippen LogP contribution in [0, 0.1) is 0 Å². The van der Waals surface area contributed by atoms with Crippen molar-refractivity contribution in [2.24, 2.45) is 5.73 Å². The lowest BCUT2D eigenvalue weighted by Gasteiger charge is -2.22. The third-order valence-electron chi connectivity index (χ3n) is 3.87. The normalized spacial score (nSPS) is 19.1. The molecule has 0 saturated carbocycles. The van der Waals surface area contributed by atoms with Gasteiger partial charge in [-0.2, -0.15) is 0 Å². The number of nitrogens with one attached hydrogen (secondary N) is 1. The maximum Gasteiger partial charge on any atom is 0.258 e. The van der Waals surface area contributed by atoms with Crippen molar-refractivity contribution in [1.82, 2.24) is 5.32 Å². The van der Waals surface area contributed by atoms with Crippen LogP contribution in [0.2, 0.25) is 0 Å². The van der Waals surface area contributed by atoms with E-state index in [9.17, 15) is 4.79 Å². The highest BCUT2D eigenvalue weighted by Gasteiger charge is 2.17. The molecule has 0 bridgehead atoms. The van der Waals surface area contributed by atoms with Gasteiger partial charge in [0.2, 0.25) is 0 Å². The number of benzene rings is 1. The fraction of sp³-hybridized carbons (Fsp3) is 0.562. The average Bonchev–Trinajstić information content (AvgIpc) is 2.45. The van der Waals surface area contributed by atoms with E-state index in [1.165, 1.54) is 5.56 Å². The molecule has 4 heteroatoms. The molecule has 1 aromatic rings. The van der Waals surface area contributed by atoms with Crippen molar-refractivity contribution in [3.63, 3.8) is 0 Å². The van der Waals surface area contributed by atoms with Crippen LogP contribution in [0.25, 0.3) is 0 Å². The number of rotatable bonds is 5. The van der Waals surface area contributed by atoms with Gasteiger partial charge in [-0.3, -0.25) is 4.79 Å². The smallest absolute Gasteiger partial charge is 0.258 e. The Balaban J connectivity index is 1.94. The van der Waals surface area contributed by atoms with E-state index >= 15 is 0 Å². The van der Waals surface area contributed by atoms with Gasteiger partial charge in [-0.05, 0) is 55.9 Å². The molecule has 0 spiro atoms. The Kier molecular flexibility index (Phi) is 5.01. The summed E-state index contributed by atoms with van der Waals surface area (Å²) < 4.78 is 5.56. The van der Waals surface area contributed by atoms with E-state index in [0.717, 1.165) is 37.0 Å². The van der Waals surface area contributed by atoms with E-state index in [0.29, 0.717) is 0 Å². The van der Waals surface area contributed by atoms with Crippen LogP contribution in [-0.2, 0) is 11.2 Å². The molecule has 0 radical (unpaired) electrons. The largest absolute Gasteiger partial charge is 0.484 e. The summed E-state index contributed by atoms with van der Waals surface area (Å²) >= 11 is 0. The summed E-state index contributed by atoms with van der Waals surface area (Å²) in [7, 11) is 0. The quantitative estimate of drug-likeness (QED) is 0.867. The molecule has 2 rings (SSSR count). The van der Waals surface area contributed by atoms with Crippen LogP contribution in [-0.4, -0.2) is 18.6 Å². The lowest BCUT2D eigenvalue weighted by atomic mass is 9.88. The molecular formula is C16H24N2O2. The number of hydrogen-bond acceptors (Lipinski definition) is 3. The van der Waals surface area contributed by atoms with Crippen molar-refractivity contribution in [2.75, 3.05) is 6.61 Å². The maximum absolute atomic E-state index is 11.7. The first-order valence-electron chi connectivity index (χ1n) is 7.40. The van der Waals surface area contributed by atoms with Gasteiger partial charge in [-0.1, -0.05) is 13.0 Å². The second-order valence-electron chi connectivity index (χ2n) is 5.52. The number of fused-ring (bicyclic) bond motifs is 1. The van der Waals surface area contributed by atoms with Crippen LogP contribution in [0.4, 0.5) is 0 Å². The third-order valence-corrected chi connectivity index (χ3v) is 3.87. The number of nitrogens with two attached hydrogens (primary N) is 1. The molecule has 0 saturated heterocycles. The Morgan fingerprint density at radius 3 is 3.10 bits per heavy atom. The highest BCUT2D eigenvalue weighted by molar-refractivity contribution is 5.77. The summed E-state index contributed by atoms with van der Waals surface area (Å²) in [6.07, 6.45) is 4.16. The zero-order valence-electron chi connectivity index (χ0n) is 12.3. The minimum atomic E-state index is -0.0821. The van der Waals surface area contributed by atoms with Crippen molar-refractivity contribution in [3.05, 3.63) is 29.3 Å². The average molecular weight is 276 g/mol. The molecule has 1 aromatic carbocycles. The van der Waals surface area contributed by atoms with E-state index in [1.807, 2.05) is 26.0 Å². The number of hydrogen-bond donors (Lipinski definition) is 2. The zero-order valence-corrected chi connectivity index (χ0v) is 12.3. The minimum Gasteiger partial charge on any atom is -0.484 e. The molecule has 2 atom stereocenters. The van der Waals surface area contributed by atoms with Crippen LogP contribution < -0.4 is 15.8 Å². The fourth-order valence-electron chi connectivity index (χ4n) is 2.47. The zero-order chi connectivity index (χ0) is 14.5. The molecule has 4 nitrogen and oxygen atoms in total. The van der Waals surface area contributed by atoms with Crippen LogP contribution in [0.1, 0.15) is 50.3 Å². The molecule has 3 N–H and O–H groups in total. The highest BCUT2D eigenvalue weighted by Crippen LogP contribution is 2.30. The molecule has 1 unspecified atom stereocenters. The first-order chi connectivity index (χ1) is 9.60. The van der Waals surface area contributed by atoms with E-state index in [-0.39, 0.29) is 24.6 Å². The van der Waals surface area contributed by atoms with Gasteiger partial charge in [0.25, 0.3) is 5.91 Å². The van der Waals surface area contributed by atoms with Crippen LogP contribution in [0.3, 0.4) is 0 Å². The van der Waals surface area contributed by atoms with Gasteiger partial charge in [-0.15, -0.1) is 0 Å². The van der Waals surface area contributed by atoms with Gasteiger partial charge in [0.1, 0.15) is 5.75 Å². The molecule has 1 aliphatic carbocycles. The van der Waals surface area contributed by atoms with Gasteiger partial charge in [0.05, 0.1) is 0 Å². The number of aryl methyl sites for hydroxylation is 1. The molecule has 110 valence electrons. The first kappa shape index (κ1) is 14.9. The molecule has 0 aliphatic heterocycles. The Bertz CT molecular complexity index is 474. The predicted octanol–water partition coefficient (Wildman–Crippen LogP) is 2.32. The summed E-state index contributed by atoms with van der Waals surface area (Å²) in [4.78, 5) is 11.7. The summed E-state index contributed by atoms with van der Waals surface area (Å²) in [5.74, 6) is 0.641. The standard InChI is InChI=1S/C16H24N2O2/c1-3-11(2)18-16(19)10-20-13-8-7-12-5-4-6-15(17)14(12)9-13/h7-9,11,15H,3-6,10,17H2,1-2H3,(H,18,19)/t11?,15-/m1/s1. The Morgan fingerprint density at radius 2 is 2.35 bits per heavy atom.